The molecular weight excluding hydrogens is 328 g/mol. The topological polar surface area (TPSA) is 75.6 Å². The van der Waals surface area contributed by atoms with Crippen LogP contribution in [0.2, 0.25) is 0 Å². The summed E-state index contributed by atoms with van der Waals surface area (Å²) < 4.78 is 34.7. The number of benzene rings is 1. The van der Waals surface area contributed by atoms with Crippen molar-refractivity contribution in [1.82, 2.24) is 0 Å². The Morgan fingerprint density at radius 1 is 1.04 bits per heavy atom. The van der Waals surface area contributed by atoms with Crippen LogP contribution in [0, 0.1) is 0 Å². The molecule has 6 atom stereocenters. The summed E-state index contributed by atoms with van der Waals surface area (Å²) in [5, 5.41) is 10.3. The van der Waals surface area contributed by atoms with Crippen LogP contribution in [0.5, 0.6) is 0 Å². The van der Waals surface area contributed by atoms with E-state index in [1.54, 1.807) is 13.8 Å². The van der Waals surface area contributed by atoms with Crippen molar-refractivity contribution in [2.45, 2.75) is 56.6 Å². The number of methoxy groups -OCH3 is 2. The van der Waals surface area contributed by atoms with Gasteiger partial charge >= 0.3 is 0 Å². The van der Waals surface area contributed by atoms with Crippen LogP contribution in [0.15, 0.2) is 30.3 Å². The quantitative estimate of drug-likeness (QED) is 0.857. The lowest BCUT2D eigenvalue weighted by atomic mass is 9.98. The maximum absolute atomic E-state index is 10.3. The van der Waals surface area contributed by atoms with Crippen LogP contribution in [0.1, 0.15) is 19.4 Å². The van der Waals surface area contributed by atoms with Crippen molar-refractivity contribution in [3.8, 4) is 0 Å². The van der Waals surface area contributed by atoms with E-state index in [0.717, 1.165) is 5.56 Å². The first-order valence-corrected chi connectivity index (χ1v) is 8.33. The molecule has 0 unspecified atom stereocenters. The van der Waals surface area contributed by atoms with Crippen molar-refractivity contribution in [2.75, 3.05) is 20.8 Å². The van der Waals surface area contributed by atoms with Crippen molar-refractivity contribution in [3.63, 3.8) is 0 Å². The smallest absolute Gasteiger partial charge is 0.220 e. The molecule has 140 valence electrons. The highest BCUT2D eigenvalue weighted by atomic mass is 16.8. The van der Waals surface area contributed by atoms with Crippen LogP contribution in [0.3, 0.4) is 0 Å². The van der Waals surface area contributed by atoms with Crippen molar-refractivity contribution < 1.29 is 33.5 Å². The zero-order chi connectivity index (χ0) is 18.1. The fourth-order valence-electron chi connectivity index (χ4n) is 3.12. The van der Waals surface area contributed by atoms with E-state index in [1.165, 1.54) is 14.2 Å². The second kappa shape index (κ2) is 7.28. The van der Waals surface area contributed by atoms with Gasteiger partial charge in [0.05, 0.1) is 13.2 Å². The summed E-state index contributed by atoms with van der Waals surface area (Å²) in [6.45, 7) is 3.89. The molecule has 2 fully saturated rings. The van der Waals surface area contributed by atoms with Crippen molar-refractivity contribution in [3.05, 3.63) is 35.9 Å². The molecule has 0 aromatic heterocycles. The summed E-state index contributed by atoms with van der Waals surface area (Å²) >= 11 is 0. The average molecular weight is 354 g/mol. The largest absolute Gasteiger partial charge is 0.388 e. The first-order chi connectivity index (χ1) is 11.9. The van der Waals surface area contributed by atoms with Crippen LogP contribution >= 0.6 is 0 Å². The van der Waals surface area contributed by atoms with Crippen molar-refractivity contribution in [2.24, 2.45) is 0 Å². The SMILES string of the molecule is CO[C@]1(C)O[C@@H]2[C@@H](O[C@@]1(C)OC)[C@@H](OCc1ccccc1)OC[C@@H]2O. The van der Waals surface area contributed by atoms with E-state index in [2.05, 4.69) is 0 Å². The van der Waals surface area contributed by atoms with Crippen LogP contribution in [0.25, 0.3) is 0 Å². The average Bonchev–Trinajstić information content (AvgIpc) is 2.64. The molecule has 0 bridgehead atoms. The second-order valence-corrected chi connectivity index (χ2v) is 6.53. The van der Waals surface area contributed by atoms with Gasteiger partial charge < -0.3 is 33.5 Å². The molecule has 0 radical (unpaired) electrons. The lowest BCUT2D eigenvalue weighted by Crippen LogP contribution is -2.71. The zero-order valence-corrected chi connectivity index (χ0v) is 15.0. The number of fused-ring (bicyclic) bond motifs is 1. The molecular formula is C18H26O7. The number of aliphatic hydroxyl groups excluding tert-OH is 1. The van der Waals surface area contributed by atoms with Gasteiger partial charge in [-0.3, -0.25) is 0 Å². The number of hydrogen-bond acceptors (Lipinski definition) is 7. The molecule has 1 aromatic rings. The summed E-state index contributed by atoms with van der Waals surface area (Å²) in [6.07, 6.45) is -2.84. The molecule has 2 aliphatic heterocycles. The summed E-state index contributed by atoms with van der Waals surface area (Å²) in [5.74, 6) is -2.36. The number of hydrogen-bond donors (Lipinski definition) is 1. The van der Waals surface area contributed by atoms with Crippen LogP contribution in [-0.4, -0.2) is 62.1 Å². The third-order valence-corrected chi connectivity index (χ3v) is 4.99. The van der Waals surface area contributed by atoms with E-state index in [4.69, 9.17) is 28.4 Å². The maximum atomic E-state index is 10.3. The van der Waals surface area contributed by atoms with Crippen molar-refractivity contribution in [1.29, 1.82) is 0 Å². The summed E-state index contributed by atoms with van der Waals surface area (Å²) in [7, 11) is 3.02. The van der Waals surface area contributed by atoms with Gasteiger partial charge in [0, 0.05) is 14.2 Å². The molecule has 1 N–H and O–H groups in total. The molecule has 7 nitrogen and oxygen atoms in total. The van der Waals surface area contributed by atoms with Gasteiger partial charge in [-0.15, -0.1) is 0 Å². The predicted molar refractivity (Wildman–Crippen MR) is 87.6 cm³/mol. The van der Waals surface area contributed by atoms with Crippen LogP contribution in [-0.2, 0) is 35.0 Å². The highest BCUT2D eigenvalue weighted by Gasteiger charge is 2.61. The molecule has 1 aromatic carbocycles. The van der Waals surface area contributed by atoms with E-state index >= 15 is 0 Å². The van der Waals surface area contributed by atoms with E-state index in [0.29, 0.717) is 6.61 Å². The van der Waals surface area contributed by atoms with Crippen molar-refractivity contribution >= 4 is 0 Å². The Morgan fingerprint density at radius 3 is 2.24 bits per heavy atom. The lowest BCUT2D eigenvalue weighted by molar-refractivity contribution is -0.479. The molecule has 7 heteroatoms. The Kier molecular flexibility index (Phi) is 5.45. The molecule has 25 heavy (non-hydrogen) atoms. The minimum absolute atomic E-state index is 0.0907. The Labute approximate surface area is 147 Å². The normalized spacial score (nSPS) is 41.3. The monoisotopic (exact) mass is 354 g/mol. The van der Waals surface area contributed by atoms with Crippen LogP contribution in [0.4, 0.5) is 0 Å². The van der Waals surface area contributed by atoms with E-state index in [1.807, 2.05) is 30.3 Å². The molecule has 0 spiro atoms. The fraction of sp³-hybridized carbons (Fsp3) is 0.667. The van der Waals surface area contributed by atoms with Gasteiger partial charge in [0.15, 0.2) is 6.29 Å². The molecule has 0 aliphatic carbocycles. The Balaban J connectivity index is 1.77. The third kappa shape index (κ3) is 3.46. The van der Waals surface area contributed by atoms with Crippen LogP contribution < -0.4 is 0 Å². The first-order valence-electron chi connectivity index (χ1n) is 8.33. The Bertz CT molecular complexity index is 568. The lowest BCUT2D eigenvalue weighted by Gasteiger charge is -2.55. The number of aliphatic hydroxyl groups is 1. The summed E-state index contributed by atoms with van der Waals surface area (Å²) in [5.41, 5.74) is 1.02. The summed E-state index contributed by atoms with van der Waals surface area (Å²) in [4.78, 5) is 0. The minimum atomic E-state index is -1.18. The van der Waals surface area contributed by atoms with Gasteiger partial charge in [0.2, 0.25) is 11.6 Å². The molecule has 3 rings (SSSR count). The van der Waals surface area contributed by atoms with Gasteiger partial charge in [0.1, 0.15) is 18.3 Å². The zero-order valence-electron chi connectivity index (χ0n) is 15.0. The maximum Gasteiger partial charge on any atom is 0.220 e. The van der Waals surface area contributed by atoms with E-state index in [-0.39, 0.29) is 6.61 Å². The second-order valence-electron chi connectivity index (χ2n) is 6.53. The van der Waals surface area contributed by atoms with Gasteiger partial charge in [-0.25, -0.2) is 0 Å². The summed E-state index contributed by atoms with van der Waals surface area (Å²) in [6, 6.07) is 9.77. The van der Waals surface area contributed by atoms with Gasteiger partial charge in [-0.2, -0.15) is 0 Å². The molecule has 2 heterocycles. The minimum Gasteiger partial charge on any atom is -0.388 e. The van der Waals surface area contributed by atoms with E-state index in [9.17, 15) is 5.11 Å². The fourth-order valence-corrected chi connectivity index (χ4v) is 3.12. The third-order valence-electron chi connectivity index (χ3n) is 4.99. The Hall–Kier alpha value is -1.06. The highest BCUT2D eigenvalue weighted by molar-refractivity contribution is 5.13. The van der Waals surface area contributed by atoms with Gasteiger partial charge in [0.25, 0.3) is 0 Å². The predicted octanol–water partition coefficient (Wildman–Crippen LogP) is 1.43. The first kappa shape index (κ1) is 18.7. The molecule has 2 saturated heterocycles. The van der Waals surface area contributed by atoms with Gasteiger partial charge in [-0.05, 0) is 19.4 Å². The standard InChI is InChI=1S/C18H26O7/c1-17(20-3)18(2,21-4)25-15-14(24-17)13(19)11-23-16(15)22-10-12-8-6-5-7-9-12/h5-9,13-16,19H,10-11H2,1-4H3/t13-,14-,15+,16-,17+,18+/m0/s1. The molecule has 0 amide bonds. The molecule has 0 saturated carbocycles. The van der Waals surface area contributed by atoms with Gasteiger partial charge in [-0.1, -0.05) is 30.3 Å². The Morgan fingerprint density at radius 2 is 1.64 bits per heavy atom. The van der Waals surface area contributed by atoms with E-state index < -0.39 is 36.2 Å². The molecule has 2 aliphatic rings. The highest BCUT2D eigenvalue weighted by Crippen LogP contribution is 2.42. The number of ether oxygens (including phenoxy) is 6. The number of rotatable bonds is 5.